The minimum Gasteiger partial charge on any atom is -0.388 e. The van der Waals surface area contributed by atoms with Gasteiger partial charge in [-0.3, -0.25) is 0 Å². The Morgan fingerprint density at radius 3 is 2.39 bits per heavy atom. The largest absolute Gasteiger partial charge is 0.388 e. The van der Waals surface area contributed by atoms with Crippen LogP contribution in [-0.4, -0.2) is 40.5 Å². The number of oxime groups is 1. The maximum atomic E-state index is 5.98. The van der Waals surface area contributed by atoms with Crippen LogP contribution in [0.3, 0.4) is 0 Å². The van der Waals surface area contributed by atoms with Gasteiger partial charge in [0, 0.05) is 38.4 Å². The van der Waals surface area contributed by atoms with Crippen LogP contribution in [0.4, 0.5) is 0 Å². The first kappa shape index (κ1) is 19.7. The van der Waals surface area contributed by atoms with Crippen LogP contribution in [0.5, 0.6) is 0 Å². The van der Waals surface area contributed by atoms with Crippen molar-refractivity contribution in [2.24, 2.45) is 5.16 Å². The molecule has 1 saturated heterocycles. The van der Waals surface area contributed by atoms with Crippen molar-refractivity contribution in [2.45, 2.75) is 82.8 Å². The number of rotatable bonds is 2. The zero-order valence-corrected chi connectivity index (χ0v) is 17.9. The Morgan fingerprint density at radius 2 is 1.71 bits per heavy atom. The van der Waals surface area contributed by atoms with Gasteiger partial charge in [0.2, 0.25) is 0 Å². The first-order valence-corrected chi connectivity index (χ1v) is 11.4. The summed E-state index contributed by atoms with van der Waals surface area (Å²) in [4.78, 5) is 8.32. The van der Waals surface area contributed by atoms with Gasteiger partial charge in [-0.05, 0) is 37.5 Å². The summed E-state index contributed by atoms with van der Waals surface area (Å²) in [5, 5.41) is 9.05. The number of nitrogens with one attached hydrogen (secondary N) is 1. The zero-order valence-electron chi connectivity index (χ0n) is 17.1. The lowest BCUT2D eigenvalue weighted by Gasteiger charge is -2.39. The predicted octanol–water partition coefficient (Wildman–Crippen LogP) is 4.94. The van der Waals surface area contributed by atoms with Crippen LogP contribution in [0.2, 0.25) is 0 Å². The number of hydrogen-bond acceptors (Lipinski definition) is 3. The Hall–Kier alpha value is -1.62. The molecule has 0 radical (unpaired) electrons. The van der Waals surface area contributed by atoms with Gasteiger partial charge in [0.05, 0.1) is 5.71 Å². The second-order valence-electron chi connectivity index (χ2n) is 8.83. The third-order valence-electron chi connectivity index (χ3n) is 6.62. The minimum absolute atomic E-state index is 0.132. The van der Waals surface area contributed by atoms with Crippen molar-refractivity contribution >= 4 is 23.0 Å². The highest BCUT2D eigenvalue weighted by molar-refractivity contribution is 7.80. The molecule has 1 aromatic carbocycles. The zero-order chi connectivity index (χ0) is 19.4. The highest BCUT2D eigenvalue weighted by Gasteiger charge is 2.42. The number of nitrogens with zero attached hydrogens (tertiary/aromatic N) is 2. The topological polar surface area (TPSA) is 36.9 Å². The van der Waals surface area contributed by atoms with Crippen molar-refractivity contribution in [3.8, 4) is 0 Å². The van der Waals surface area contributed by atoms with Gasteiger partial charge in [-0.1, -0.05) is 67.1 Å². The highest BCUT2D eigenvalue weighted by atomic mass is 32.1. The lowest BCUT2D eigenvalue weighted by molar-refractivity contribution is -0.0525. The predicted molar refractivity (Wildman–Crippen MR) is 119 cm³/mol. The van der Waals surface area contributed by atoms with Crippen molar-refractivity contribution in [3.63, 3.8) is 0 Å². The molecule has 3 aliphatic rings. The fourth-order valence-corrected chi connectivity index (χ4v) is 5.02. The van der Waals surface area contributed by atoms with Gasteiger partial charge in [-0.2, -0.15) is 0 Å². The molecule has 2 heterocycles. The molecular formula is C23H33N3OS. The van der Waals surface area contributed by atoms with E-state index in [9.17, 15) is 0 Å². The lowest BCUT2D eigenvalue weighted by Crippen LogP contribution is -2.51. The van der Waals surface area contributed by atoms with Crippen molar-refractivity contribution in [1.29, 1.82) is 0 Å². The molecule has 1 saturated carbocycles. The first-order valence-electron chi connectivity index (χ1n) is 11.0. The van der Waals surface area contributed by atoms with E-state index in [2.05, 4.69) is 46.6 Å². The van der Waals surface area contributed by atoms with E-state index in [1.54, 1.807) is 0 Å². The highest BCUT2D eigenvalue weighted by Crippen LogP contribution is 2.36. The summed E-state index contributed by atoms with van der Waals surface area (Å²) in [6, 6.07) is 9.15. The summed E-state index contributed by atoms with van der Waals surface area (Å²) in [5.41, 5.74) is 3.42. The van der Waals surface area contributed by atoms with Crippen LogP contribution >= 0.6 is 12.2 Å². The third kappa shape index (κ3) is 4.68. The van der Waals surface area contributed by atoms with E-state index in [0.717, 1.165) is 43.2 Å². The second kappa shape index (κ2) is 8.81. The van der Waals surface area contributed by atoms with E-state index in [1.165, 1.54) is 56.1 Å². The number of likely N-dealkylation sites (tertiary alicyclic amines) is 1. The normalized spacial score (nSPS) is 22.9. The van der Waals surface area contributed by atoms with Gasteiger partial charge < -0.3 is 15.1 Å². The summed E-state index contributed by atoms with van der Waals surface area (Å²) >= 11 is 5.75. The second-order valence-corrected chi connectivity index (χ2v) is 9.22. The Labute approximate surface area is 174 Å². The number of benzene rings is 1. The van der Waals surface area contributed by atoms with E-state index in [-0.39, 0.29) is 5.60 Å². The van der Waals surface area contributed by atoms with Crippen molar-refractivity contribution in [2.75, 3.05) is 13.1 Å². The van der Waals surface area contributed by atoms with Crippen LogP contribution in [0.15, 0.2) is 29.4 Å². The van der Waals surface area contributed by atoms with Crippen LogP contribution in [0.25, 0.3) is 0 Å². The molecule has 1 aromatic rings. The Bertz CT molecular complexity index is 699. The van der Waals surface area contributed by atoms with E-state index < -0.39 is 0 Å². The van der Waals surface area contributed by atoms with Crippen molar-refractivity contribution in [1.82, 2.24) is 10.2 Å². The number of aryl methyl sites for hydroxylation is 1. The van der Waals surface area contributed by atoms with E-state index in [1.807, 2.05) is 0 Å². The van der Waals surface area contributed by atoms with Gasteiger partial charge in [0.1, 0.15) is 5.60 Å². The lowest BCUT2D eigenvalue weighted by atomic mass is 9.85. The van der Waals surface area contributed by atoms with Gasteiger partial charge in [-0.25, -0.2) is 0 Å². The molecule has 5 heteroatoms. The summed E-state index contributed by atoms with van der Waals surface area (Å²) in [5.74, 6) is 0. The summed E-state index contributed by atoms with van der Waals surface area (Å²) < 4.78 is 0. The Balaban J connectivity index is 1.27. The van der Waals surface area contributed by atoms with Gasteiger partial charge in [0.15, 0.2) is 5.11 Å². The minimum atomic E-state index is -0.132. The molecule has 1 spiro atoms. The SMILES string of the molecule is Cc1ccc(C2=NOC3(CCN(C(=S)NC4CCCCCCC4)CC3)C2)cc1. The molecule has 0 unspecified atom stereocenters. The number of piperidine rings is 1. The molecule has 0 aromatic heterocycles. The molecule has 2 fully saturated rings. The standard InChI is InChI=1S/C23H33N3OS/c1-18-9-11-19(12-10-18)21-17-23(27-25-21)13-15-26(16-14-23)22(28)24-20-7-5-3-2-4-6-8-20/h9-12,20H,2-8,13-17H2,1H3,(H,24,28). The average Bonchev–Trinajstić information content (AvgIpc) is 3.08. The summed E-state index contributed by atoms with van der Waals surface area (Å²) in [7, 11) is 0. The first-order chi connectivity index (χ1) is 13.6. The molecule has 4 nitrogen and oxygen atoms in total. The maximum absolute atomic E-state index is 5.98. The third-order valence-corrected chi connectivity index (χ3v) is 6.99. The molecule has 2 aliphatic heterocycles. The fourth-order valence-electron chi connectivity index (χ4n) is 4.67. The molecule has 1 aliphatic carbocycles. The number of hydrogen-bond donors (Lipinski definition) is 1. The molecule has 0 atom stereocenters. The summed E-state index contributed by atoms with van der Waals surface area (Å²) in [6.07, 6.45) is 12.2. The van der Waals surface area contributed by atoms with Gasteiger partial charge >= 0.3 is 0 Å². The van der Waals surface area contributed by atoms with E-state index in [4.69, 9.17) is 17.1 Å². The van der Waals surface area contributed by atoms with Crippen LogP contribution < -0.4 is 5.32 Å². The van der Waals surface area contributed by atoms with E-state index >= 15 is 0 Å². The van der Waals surface area contributed by atoms with Crippen LogP contribution in [0.1, 0.15) is 75.3 Å². The van der Waals surface area contributed by atoms with Crippen molar-refractivity contribution in [3.05, 3.63) is 35.4 Å². The molecule has 0 bridgehead atoms. The molecule has 28 heavy (non-hydrogen) atoms. The van der Waals surface area contributed by atoms with Crippen molar-refractivity contribution < 1.29 is 4.84 Å². The maximum Gasteiger partial charge on any atom is 0.169 e. The van der Waals surface area contributed by atoms with Gasteiger partial charge in [0.25, 0.3) is 0 Å². The molecule has 0 amide bonds. The van der Waals surface area contributed by atoms with E-state index in [0.29, 0.717) is 6.04 Å². The molecule has 1 N–H and O–H groups in total. The summed E-state index contributed by atoms with van der Waals surface area (Å²) in [6.45, 7) is 4.02. The van der Waals surface area contributed by atoms with Crippen LogP contribution in [-0.2, 0) is 4.84 Å². The smallest absolute Gasteiger partial charge is 0.169 e. The fraction of sp³-hybridized carbons (Fsp3) is 0.652. The quantitative estimate of drug-likeness (QED) is 0.715. The molecular weight excluding hydrogens is 366 g/mol. The monoisotopic (exact) mass is 399 g/mol. The van der Waals surface area contributed by atoms with Crippen LogP contribution in [0, 0.1) is 6.92 Å². The van der Waals surface area contributed by atoms with Gasteiger partial charge in [-0.15, -0.1) is 0 Å². The average molecular weight is 400 g/mol. The molecule has 152 valence electrons. The number of thiocarbonyl (C=S) groups is 1. The molecule has 4 rings (SSSR count). The Morgan fingerprint density at radius 1 is 1.07 bits per heavy atom. The Kier molecular flexibility index (Phi) is 6.19.